The summed E-state index contributed by atoms with van der Waals surface area (Å²) in [6, 6.07) is 14.5. The molecular weight excluding hydrogens is 366 g/mol. The van der Waals surface area contributed by atoms with Crippen molar-refractivity contribution in [2.45, 2.75) is 38.8 Å². The minimum atomic E-state index is -0.491. The van der Waals surface area contributed by atoms with Gasteiger partial charge in [-0.15, -0.1) is 0 Å². The summed E-state index contributed by atoms with van der Waals surface area (Å²) >= 11 is 0. The SMILES string of the molecule is Cc1ccc2c(c1)C(=O)N1CCCC1C(=O)N2CC(=O)NC(C)c1ccccc1. The summed E-state index contributed by atoms with van der Waals surface area (Å²) in [5.41, 5.74) is 2.95. The van der Waals surface area contributed by atoms with Crippen molar-refractivity contribution < 1.29 is 14.4 Å². The third-order valence-corrected chi connectivity index (χ3v) is 5.72. The molecule has 2 aliphatic rings. The maximum Gasteiger partial charge on any atom is 0.256 e. The minimum absolute atomic E-state index is 0.107. The predicted molar refractivity (Wildman–Crippen MR) is 111 cm³/mol. The van der Waals surface area contributed by atoms with Gasteiger partial charge in [-0.25, -0.2) is 0 Å². The van der Waals surface area contributed by atoms with Crippen LogP contribution in [0.5, 0.6) is 0 Å². The number of fused-ring (bicyclic) bond motifs is 2. The van der Waals surface area contributed by atoms with E-state index in [1.54, 1.807) is 11.0 Å². The van der Waals surface area contributed by atoms with Crippen molar-refractivity contribution in [3.63, 3.8) is 0 Å². The number of benzene rings is 2. The number of anilines is 1. The van der Waals surface area contributed by atoms with Crippen LogP contribution >= 0.6 is 0 Å². The first kappa shape index (κ1) is 19.2. The third kappa shape index (κ3) is 3.62. The molecule has 1 N–H and O–H groups in total. The monoisotopic (exact) mass is 391 g/mol. The number of hydrogen-bond acceptors (Lipinski definition) is 3. The first-order valence-corrected chi connectivity index (χ1v) is 10.0. The first-order valence-electron chi connectivity index (χ1n) is 10.0. The Hall–Kier alpha value is -3.15. The van der Waals surface area contributed by atoms with Crippen LogP contribution in [-0.4, -0.2) is 41.8 Å². The average molecular weight is 391 g/mol. The lowest BCUT2D eigenvalue weighted by Gasteiger charge is -2.26. The summed E-state index contributed by atoms with van der Waals surface area (Å²) in [5, 5.41) is 2.97. The lowest BCUT2D eigenvalue weighted by molar-refractivity contribution is -0.126. The number of aryl methyl sites for hydroxylation is 1. The lowest BCUT2D eigenvalue weighted by atomic mass is 10.1. The highest BCUT2D eigenvalue weighted by molar-refractivity contribution is 6.12. The zero-order chi connectivity index (χ0) is 20.5. The van der Waals surface area contributed by atoms with E-state index < -0.39 is 6.04 Å². The molecule has 2 aliphatic heterocycles. The number of hydrogen-bond donors (Lipinski definition) is 1. The highest BCUT2D eigenvalue weighted by Gasteiger charge is 2.42. The quantitative estimate of drug-likeness (QED) is 0.871. The van der Waals surface area contributed by atoms with E-state index in [-0.39, 0.29) is 30.3 Å². The van der Waals surface area contributed by atoms with Crippen molar-refractivity contribution in [1.29, 1.82) is 0 Å². The van der Waals surface area contributed by atoms with Gasteiger partial charge in [-0.1, -0.05) is 42.0 Å². The van der Waals surface area contributed by atoms with Gasteiger partial charge in [0.15, 0.2) is 0 Å². The van der Waals surface area contributed by atoms with Gasteiger partial charge < -0.3 is 15.1 Å². The van der Waals surface area contributed by atoms with Crippen LogP contribution in [0.15, 0.2) is 48.5 Å². The van der Waals surface area contributed by atoms with Crippen LogP contribution in [0, 0.1) is 6.92 Å². The number of rotatable bonds is 4. The fourth-order valence-electron chi connectivity index (χ4n) is 4.20. The Morgan fingerprint density at radius 1 is 1.17 bits per heavy atom. The molecule has 0 radical (unpaired) electrons. The lowest BCUT2D eigenvalue weighted by Crippen LogP contribution is -2.48. The van der Waals surface area contributed by atoms with E-state index >= 15 is 0 Å². The van der Waals surface area contributed by atoms with E-state index in [1.165, 1.54) is 4.90 Å². The molecule has 4 rings (SSSR count). The molecule has 0 bridgehead atoms. The molecular formula is C23H25N3O3. The minimum Gasteiger partial charge on any atom is -0.348 e. The largest absolute Gasteiger partial charge is 0.348 e. The van der Waals surface area contributed by atoms with E-state index in [4.69, 9.17) is 0 Å². The second-order valence-electron chi connectivity index (χ2n) is 7.80. The Kier molecular flexibility index (Phi) is 5.09. The smallest absolute Gasteiger partial charge is 0.256 e. The van der Waals surface area contributed by atoms with Gasteiger partial charge in [0, 0.05) is 6.54 Å². The van der Waals surface area contributed by atoms with E-state index in [9.17, 15) is 14.4 Å². The van der Waals surface area contributed by atoms with Gasteiger partial charge >= 0.3 is 0 Å². The van der Waals surface area contributed by atoms with Crippen LogP contribution < -0.4 is 10.2 Å². The molecule has 0 spiro atoms. The third-order valence-electron chi connectivity index (χ3n) is 5.72. The molecule has 2 unspecified atom stereocenters. The van der Waals surface area contributed by atoms with E-state index in [0.29, 0.717) is 24.2 Å². The van der Waals surface area contributed by atoms with Crippen molar-refractivity contribution in [3.8, 4) is 0 Å². The van der Waals surface area contributed by atoms with Crippen LogP contribution in [0.1, 0.15) is 47.3 Å². The number of carbonyl (C=O) groups excluding carboxylic acids is 3. The average Bonchev–Trinajstić information content (AvgIpc) is 3.19. The van der Waals surface area contributed by atoms with Gasteiger partial charge in [-0.3, -0.25) is 14.4 Å². The summed E-state index contributed by atoms with van der Waals surface area (Å²) < 4.78 is 0. The molecule has 1 saturated heterocycles. The summed E-state index contributed by atoms with van der Waals surface area (Å²) in [5.74, 6) is -0.554. The molecule has 0 aliphatic carbocycles. The Labute approximate surface area is 170 Å². The predicted octanol–water partition coefficient (Wildman–Crippen LogP) is 2.82. The van der Waals surface area contributed by atoms with Gasteiger partial charge in [0.25, 0.3) is 5.91 Å². The van der Waals surface area contributed by atoms with Gasteiger partial charge in [0.1, 0.15) is 12.6 Å². The molecule has 2 atom stereocenters. The zero-order valence-electron chi connectivity index (χ0n) is 16.7. The zero-order valence-corrected chi connectivity index (χ0v) is 16.7. The van der Waals surface area contributed by atoms with Crippen molar-refractivity contribution in [1.82, 2.24) is 10.2 Å². The van der Waals surface area contributed by atoms with Crippen LogP contribution in [-0.2, 0) is 9.59 Å². The molecule has 29 heavy (non-hydrogen) atoms. The van der Waals surface area contributed by atoms with E-state index in [1.807, 2.05) is 56.3 Å². The molecule has 3 amide bonds. The molecule has 0 saturated carbocycles. The topological polar surface area (TPSA) is 69.7 Å². The van der Waals surface area contributed by atoms with Gasteiger partial charge in [0.05, 0.1) is 17.3 Å². The summed E-state index contributed by atoms with van der Waals surface area (Å²) in [7, 11) is 0. The molecule has 2 heterocycles. The maximum absolute atomic E-state index is 13.3. The Morgan fingerprint density at radius 2 is 1.93 bits per heavy atom. The Balaban J connectivity index is 1.61. The van der Waals surface area contributed by atoms with Crippen molar-refractivity contribution >= 4 is 23.4 Å². The van der Waals surface area contributed by atoms with Crippen molar-refractivity contribution in [3.05, 3.63) is 65.2 Å². The maximum atomic E-state index is 13.3. The molecule has 1 fully saturated rings. The number of nitrogens with one attached hydrogen (secondary N) is 1. The van der Waals surface area contributed by atoms with Gasteiger partial charge in [-0.2, -0.15) is 0 Å². The Morgan fingerprint density at radius 3 is 2.69 bits per heavy atom. The number of amides is 3. The fourth-order valence-corrected chi connectivity index (χ4v) is 4.20. The molecule has 150 valence electrons. The van der Waals surface area contributed by atoms with Gasteiger partial charge in [-0.05, 0) is 44.4 Å². The van der Waals surface area contributed by atoms with Crippen LogP contribution in [0.25, 0.3) is 0 Å². The molecule has 2 aromatic rings. The van der Waals surface area contributed by atoms with Crippen molar-refractivity contribution in [2.75, 3.05) is 18.0 Å². The standard InChI is InChI=1S/C23H25N3O3/c1-15-10-11-19-18(13-15)22(28)25-12-6-9-20(25)23(29)26(19)14-21(27)24-16(2)17-7-4-3-5-8-17/h3-5,7-8,10-11,13,16,20H,6,9,12,14H2,1-2H3,(H,24,27). The van der Waals surface area contributed by atoms with E-state index in [2.05, 4.69) is 5.32 Å². The van der Waals surface area contributed by atoms with Gasteiger partial charge in [0.2, 0.25) is 11.8 Å². The second-order valence-corrected chi connectivity index (χ2v) is 7.80. The van der Waals surface area contributed by atoms with E-state index in [0.717, 1.165) is 17.5 Å². The fraction of sp³-hybridized carbons (Fsp3) is 0.348. The first-order chi connectivity index (χ1) is 14.0. The summed E-state index contributed by atoms with van der Waals surface area (Å²) in [6.45, 7) is 4.30. The molecule has 0 aromatic heterocycles. The Bertz CT molecular complexity index is 957. The van der Waals surface area contributed by atoms with Crippen LogP contribution in [0.4, 0.5) is 5.69 Å². The van der Waals surface area contributed by atoms with Crippen molar-refractivity contribution in [2.24, 2.45) is 0 Å². The highest BCUT2D eigenvalue weighted by Crippen LogP contribution is 2.33. The number of nitrogens with zero attached hydrogens (tertiary/aromatic N) is 2. The summed E-state index contributed by atoms with van der Waals surface area (Å²) in [4.78, 5) is 42.3. The van der Waals surface area contributed by atoms with Crippen LogP contribution in [0.3, 0.4) is 0 Å². The normalized spacial score (nSPS) is 19.4. The number of carbonyl (C=O) groups is 3. The molecule has 2 aromatic carbocycles. The highest BCUT2D eigenvalue weighted by atomic mass is 16.2. The molecule has 6 nitrogen and oxygen atoms in total. The molecule has 6 heteroatoms. The van der Waals surface area contributed by atoms with Crippen LogP contribution in [0.2, 0.25) is 0 Å². The summed E-state index contributed by atoms with van der Waals surface area (Å²) in [6.07, 6.45) is 1.43. The second kappa shape index (κ2) is 7.70.